The van der Waals surface area contributed by atoms with Crippen LogP contribution in [-0.4, -0.2) is 38.6 Å². The van der Waals surface area contributed by atoms with Gasteiger partial charge in [0.2, 0.25) is 0 Å². The van der Waals surface area contributed by atoms with Gasteiger partial charge in [0.25, 0.3) is 10.0 Å². The Bertz CT molecular complexity index is 1510. The highest BCUT2D eigenvalue weighted by atomic mass is 32.2. The molecule has 0 unspecified atom stereocenters. The van der Waals surface area contributed by atoms with E-state index in [2.05, 4.69) is 4.72 Å². The Morgan fingerprint density at radius 2 is 1.71 bits per heavy atom. The van der Waals surface area contributed by atoms with Gasteiger partial charge in [-0.15, -0.1) is 0 Å². The first-order valence-electron chi connectivity index (χ1n) is 12.9. The molecule has 0 radical (unpaired) electrons. The summed E-state index contributed by atoms with van der Waals surface area (Å²) >= 11 is 0. The predicted octanol–water partition coefficient (Wildman–Crippen LogP) is 5.88. The quantitative estimate of drug-likeness (QED) is 0.411. The van der Waals surface area contributed by atoms with E-state index in [9.17, 15) is 13.5 Å². The summed E-state index contributed by atoms with van der Waals surface area (Å²) in [5.74, 6) is 0.0389. The molecule has 8 heteroatoms. The Balaban J connectivity index is 1.45. The summed E-state index contributed by atoms with van der Waals surface area (Å²) in [5, 5.41) is 11.0. The average Bonchev–Trinajstić information content (AvgIpc) is 3.59. The Morgan fingerprint density at radius 1 is 0.974 bits per heavy atom. The standard InChI is InChI=1S/C30H31NO6S/c1-19-9-12-21(13-10-19)38(33,34)31-25-8-4-3-7-22(25)24-18-27-29(37-30(36-27)15-5-6-16-30)28(24)23-14-11-20(35-2)17-26(23)32/h3-4,7-14,17,27,29,31-32H,5-6,15-16,18H2,1-2H3/t27-,29-/m0/s1. The lowest BCUT2D eigenvalue weighted by Gasteiger charge is -2.25. The van der Waals surface area contributed by atoms with Crippen LogP contribution in [0.4, 0.5) is 5.69 Å². The number of sulfonamides is 1. The first kappa shape index (κ1) is 25.0. The summed E-state index contributed by atoms with van der Waals surface area (Å²) in [5.41, 5.74) is 4.51. The number of phenolic OH excluding ortho intramolecular Hbond substituents is 1. The van der Waals surface area contributed by atoms with Gasteiger partial charge in [-0.2, -0.15) is 0 Å². The molecule has 0 bridgehead atoms. The van der Waals surface area contributed by atoms with E-state index in [-0.39, 0.29) is 22.9 Å². The molecule has 7 nitrogen and oxygen atoms in total. The fourth-order valence-electron chi connectivity index (χ4n) is 5.89. The topological polar surface area (TPSA) is 94.1 Å². The van der Waals surface area contributed by atoms with Gasteiger partial charge in [-0.3, -0.25) is 4.72 Å². The van der Waals surface area contributed by atoms with Crippen molar-refractivity contribution in [3.05, 3.63) is 83.4 Å². The number of phenols is 1. The van der Waals surface area contributed by atoms with E-state index in [1.807, 2.05) is 25.1 Å². The lowest BCUT2D eigenvalue weighted by atomic mass is 9.94. The number of fused-ring (bicyclic) bond motifs is 1. The largest absolute Gasteiger partial charge is 0.507 e. The lowest BCUT2D eigenvalue weighted by Crippen LogP contribution is -2.27. The van der Waals surface area contributed by atoms with E-state index in [0.29, 0.717) is 23.4 Å². The summed E-state index contributed by atoms with van der Waals surface area (Å²) < 4.78 is 47.8. The summed E-state index contributed by atoms with van der Waals surface area (Å²) in [6.07, 6.45) is 3.77. The third-order valence-electron chi connectivity index (χ3n) is 7.75. The zero-order valence-electron chi connectivity index (χ0n) is 21.4. The number of methoxy groups -OCH3 is 1. The number of para-hydroxylation sites is 1. The van der Waals surface area contributed by atoms with Gasteiger partial charge in [-0.05, 0) is 61.2 Å². The average molecular weight is 534 g/mol. The van der Waals surface area contributed by atoms with Crippen LogP contribution in [-0.2, 0) is 19.5 Å². The maximum absolute atomic E-state index is 13.3. The number of nitrogens with one attached hydrogen (secondary N) is 1. The Labute approximate surface area is 223 Å². The smallest absolute Gasteiger partial charge is 0.261 e. The molecular weight excluding hydrogens is 502 g/mol. The molecule has 198 valence electrons. The van der Waals surface area contributed by atoms with Crippen molar-refractivity contribution < 1.29 is 27.7 Å². The molecular formula is C30H31NO6S. The Kier molecular flexibility index (Phi) is 6.21. The van der Waals surface area contributed by atoms with Crippen LogP contribution in [0.3, 0.4) is 0 Å². The van der Waals surface area contributed by atoms with Crippen LogP contribution in [0.1, 0.15) is 48.8 Å². The van der Waals surface area contributed by atoms with Crippen LogP contribution in [0.5, 0.6) is 11.5 Å². The van der Waals surface area contributed by atoms with Crippen molar-refractivity contribution in [1.82, 2.24) is 0 Å². The summed E-state index contributed by atoms with van der Waals surface area (Å²) in [6, 6.07) is 19.3. The number of anilines is 1. The molecule has 3 aromatic rings. The van der Waals surface area contributed by atoms with E-state index < -0.39 is 15.8 Å². The molecule has 2 fully saturated rings. The van der Waals surface area contributed by atoms with Gasteiger partial charge in [0.15, 0.2) is 5.79 Å². The number of ether oxygens (including phenoxy) is 3. The number of benzene rings is 3. The highest BCUT2D eigenvalue weighted by Crippen LogP contribution is 2.54. The maximum atomic E-state index is 13.3. The zero-order valence-corrected chi connectivity index (χ0v) is 22.3. The molecule has 3 aliphatic rings. The van der Waals surface area contributed by atoms with Crippen molar-refractivity contribution in [1.29, 1.82) is 0 Å². The van der Waals surface area contributed by atoms with Gasteiger partial charge >= 0.3 is 0 Å². The number of rotatable bonds is 6. The van der Waals surface area contributed by atoms with Crippen LogP contribution >= 0.6 is 0 Å². The summed E-state index contributed by atoms with van der Waals surface area (Å²) in [7, 11) is -2.26. The van der Waals surface area contributed by atoms with Crippen LogP contribution in [0.25, 0.3) is 11.1 Å². The minimum absolute atomic E-state index is 0.0752. The Morgan fingerprint density at radius 3 is 2.42 bits per heavy atom. The third-order valence-corrected chi connectivity index (χ3v) is 9.13. The van der Waals surface area contributed by atoms with Gasteiger partial charge in [0.1, 0.15) is 17.6 Å². The molecule has 1 saturated carbocycles. The van der Waals surface area contributed by atoms with E-state index in [1.54, 1.807) is 55.6 Å². The van der Waals surface area contributed by atoms with Crippen LogP contribution in [0, 0.1) is 6.92 Å². The predicted molar refractivity (Wildman–Crippen MR) is 145 cm³/mol. The van der Waals surface area contributed by atoms with E-state index in [0.717, 1.165) is 48.0 Å². The molecule has 0 aromatic heterocycles. The molecule has 2 atom stereocenters. The molecule has 1 saturated heterocycles. The number of aromatic hydroxyl groups is 1. The van der Waals surface area contributed by atoms with Crippen LogP contribution in [0.2, 0.25) is 0 Å². The van der Waals surface area contributed by atoms with E-state index >= 15 is 0 Å². The summed E-state index contributed by atoms with van der Waals surface area (Å²) in [6.45, 7) is 1.92. The fourth-order valence-corrected chi connectivity index (χ4v) is 6.97. The lowest BCUT2D eigenvalue weighted by molar-refractivity contribution is -0.165. The van der Waals surface area contributed by atoms with E-state index in [1.165, 1.54) is 0 Å². The van der Waals surface area contributed by atoms with E-state index in [4.69, 9.17) is 14.2 Å². The zero-order chi connectivity index (χ0) is 26.5. The van der Waals surface area contributed by atoms with Crippen molar-refractivity contribution >= 4 is 26.9 Å². The van der Waals surface area contributed by atoms with Crippen molar-refractivity contribution in [2.24, 2.45) is 0 Å². The normalized spacial score (nSPS) is 22.2. The van der Waals surface area contributed by atoms with Crippen LogP contribution < -0.4 is 9.46 Å². The van der Waals surface area contributed by atoms with Crippen LogP contribution in [0.15, 0.2) is 71.6 Å². The SMILES string of the molecule is COc1ccc(C2=C(c3ccccc3NS(=O)(=O)c3ccc(C)cc3)C[C@@H]3OC4(CCCC4)O[C@H]23)c(O)c1. The minimum Gasteiger partial charge on any atom is -0.507 e. The van der Waals surface area contributed by atoms with Crippen molar-refractivity contribution in [2.75, 3.05) is 11.8 Å². The molecule has 0 amide bonds. The minimum atomic E-state index is -3.82. The second kappa shape index (κ2) is 9.45. The highest BCUT2D eigenvalue weighted by Gasteiger charge is 2.54. The molecule has 1 heterocycles. The second-order valence-electron chi connectivity index (χ2n) is 10.3. The Hall–Kier alpha value is -3.33. The van der Waals surface area contributed by atoms with Gasteiger partial charge in [-0.25, -0.2) is 8.42 Å². The molecule has 1 spiro atoms. The monoisotopic (exact) mass is 533 g/mol. The molecule has 1 aliphatic heterocycles. The molecule has 2 aliphatic carbocycles. The van der Waals surface area contributed by atoms with Crippen molar-refractivity contribution in [3.8, 4) is 11.5 Å². The first-order valence-corrected chi connectivity index (χ1v) is 14.4. The number of hydrogen-bond donors (Lipinski definition) is 2. The highest BCUT2D eigenvalue weighted by molar-refractivity contribution is 7.92. The van der Waals surface area contributed by atoms with Gasteiger partial charge < -0.3 is 19.3 Å². The number of aryl methyl sites for hydroxylation is 1. The molecule has 2 N–H and O–H groups in total. The number of hydrogen-bond acceptors (Lipinski definition) is 6. The molecule has 6 rings (SSSR count). The molecule has 38 heavy (non-hydrogen) atoms. The van der Waals surface area contributed by atoms with Crippen molar-refractivity contribution in [2.45, 2.75) is 61.9 Å². The van der Waals surface area contributed by atoms with Gasteiger partial charge in [-0.1, -0.05) is 35.9 Å². The van der Waals surface area contributed by atoms with Gasteiger partial charge in [0.05, 0.1) is 23.8 Å². The van der Waals surface area contributed by atoms with Gasteiger partial charge in [0, 0.05) is 36.5 Å². The third kappa shape index (κ3) is 4.36. The second-order valence-corrected chi connectivity index (χ2v) is 11.9. The first-order chi connectivity index (χ1) is 18.3. The maximum Gasteiger partial charge on any atom is 0.261 e. The van der Waals surface area contributed by atoms with Crippen molar-refractivity contribution in [3.63, 3.8) is 0 Å². The fraction of sp³-hybridized carbons (Fsp3) is 0.333. The molecule has 3 aromatic carbocycles. The summed E-state index contributed by atoms with van der Waals surface area (Å²) in [4.78, 5) is 0.193.